The Bertz CT molecular complexity index is 1750. The summed E-state index contributed by atoms with van der Waals surface area (Å²) in [6.07, 6.45) is 3.85. The number of nitrogens with one attached hydrogen (secondary N) is 1. The number of likely N-dealkylation sites (tertiary alicyclic amines) is 1. The molecular weight excluding hydrogens is 574 g/mol. The normalized spacial score (nSPS) is 17.7. The van der Waals surface area contributed by atoms with Crippen LogP contribution in [0.1, 0.15) is 43.4 Å². The van der Waals surface area contributed by atoms with Gasteiger partial charge in [-0.05, 0) is 80.8 Å². The van der Waals surface area contributed by atoms with E-state index in [0.717, 1.165) is 61.2 Å². The molecule has 0 aliphatic carbocycles. The van der Waals surface area contributed by atoms with Crippen LogP contribution in [0.4, 0.5) is 17.3 Å². The molecule has 2 aromatic carbocycles. The number of fused-ring (bicyclic) bond motifs is 1. The molecule has 2 saturated heterocycles. The molecule has 1 amide bonds. The van der Waals surface area contributed by atoms with Crippen molar-refractivity contribution in [3.05, 3.63) is 75.2 Å². The number of hydrogen-bond donors (Lipinski definition) is 1. The Balaban J connectivity index is 1.41. The number of carbonyl (C=O) groups excluding carboxylic acids is 1. The average Bonchev–Trinajstić information content (AvgIpc) is 3.02. The summed E-state index contributed by atoms with van der Waals surface area (Å²) in [5, 5.41) is 4.80. The largest absolute Gasteiger partial charge is 0.369 e. The number of aryl methyl sites for hydroxylation is 2. The van der Waals surface area contributed by atoms with Crippen LogP contribution in [-0.4, -0.2) is 76.6 Å². The van der Waals surface area contributed by atoms with Gasteiger partial charge in [-0.3, -0.25) is 14.2 Å². The van der Waals surface area contributed by atoms with E-state index in [-0.39, 0.29) is 17.5 Å². The number of piperidine rings is 1. The molecule has 6 rings (SSSR count). The Morgan fingerprint density at radius 1 is 1.05 bits per heavy atom. The number of amides is 1. The van der Waals surface area contributed by atoms with Gasteiger partial charge < -0.3 is 20.0 Å². The number of nitrogens with zero attached hydrogens (tertiary/aromatic N) is 6. The highest BCUT2D eigenvalue weighted by atomic mass is 35.5. The topological polar surface area (TPSA) is 86.6 Å². The zero-order valence-electron chi connectivity index (χ0n) is 25.9. The van der Waals surface area contributed by atoms with Crippen LogP contribution in [0.25, 0.3) is 22.2 Å². The fourth-order valence-corrected chi connectivity index (χ4v) is 6.69. The van der Waals surface area contributed by atoms with Gasteiger partial charge in [0.05, 0.1) is 11.6 Å². The first-order valence-corrected chi connectivity index (χ1v) is 15.9. The minimum Gasteiger partial charge on any atom is -0.369 e. The van der Waals surface area contributed by atoms with E-state index < -0.39 is 0 Å². The molecule has 0 saturated carbocycles. The van der Waals surface area contributed by atoms with Gasteiger partial charge in [-0.15, -0.1) is 0 Å². The lowest BCUT2D eigenvalue weighted by Gasteiger charge is -2.35. The van der Waals surface area contributed by atoms with Crippen LogP contribution in [0.3, 0.4) is 0 Å². The predicted molar refractivity (Wildman–Crippen MR) is 178 cm³/mol. The molecule has 0 spiro atoms. The first-order valence-electron chi connectivity index (χ1n) is 15.5. The van der Waals surface area contributed by atoms with E-state index in [0.29, 0.717) is 41.7 Å². The van der Waals surface area contributed by atoms with Gasteiger partial charge >= 0.3 is 0 Å². The maximum atomic E-state index is 14.4. The average molecular weight is 614 g/mol. The fourth-order valence-electron chi connectivity index (χ4n) is 6.57. The smallest absolute Gasteiger partial charge is 0.260 e. The zero-order chi connectivity index (χ0) is 31.0. The van der Waals surface area contributed by atoms with E-state index in [9.17, 15) is 9.59 Å². The lowest BCUT2D eigenvalue weighted by molar-refractivity contribution is -0.132. The molecule has 230 valence electrons. The summed E-state index contributed by atoms with van der Waals surface area (Å²) >= 11 is 6.18. The van der Waals surface area contributed by atoms with Crippen LogP contribution >= 0.6 is 11.6 Å². The highest BCUT2D eigenvalue weighted by Gasteiger charge is 2.28. The molecule has 4 aromatic rings. The number of aromatic nitrogens is 3. The molecule has 0 unspecified atom stereocenters. The van der Waals surface area contributed by atoms with Crippen molar-refractivity contribution in [3.63, 3.8) is 0 Å². The van der Waals surface area contributed by atoms with Crippen LogP contribution in [0.15, 0.2) is 53.5 Å². The molecule has 4 heterocycles. The molecule has 1 atom stereocenters. The summed E-state index contributed by atoms with van der Waals surface area (Å²) in [6.45, 7) is 11.3. The highest BCUT2D eigenvalue weighted by molar-refractivity contribution is 6.30. The summed E-state index contributed by atoms with van der Waals surface area (Å²) < 4.78 is 1.80. The summed E-state index contributed by atoms with van der Waals surface area (Å²) in [4.78, 5) is 43.4. The summed E-state index contributed by atoms with van der Waals surface area (Å²) in [5.74, 6) is 0.526. The van der Waals surface area contributed by atoms with E-state index in [4.69, 9.17) is 21.6 Å². The number of benzene rings is 2. The van der Waals surface area contributed by atoms with Crippen molar-refractivity contribution in [3.8, 4) is 11.1 Å². The van der Waals surface area contributed by atoms with Crippen molar-refractivity contribution in [2.75, 3.05) is 56.5 Å². The maximum Gasteiger partial charge on any atom is 0.260 e. The number of rotatable bonds is 6. The number of anilines is 3. The first-order chi connectivity index (χ1) is 21.2. The van der Waals surface area contributed by atoms with E-state index in [1.807, 2.05) is 30.9 Å². The molecule has 2 aromatic heterocycles. The first kappa shape index (κ1) is 30.1. The van der Waals surface area contributed by atoms with E-state index in [1.165, 1.54) is 11.3 Å². The number of likely N-dealkylation sites (N-methyl/N-ethyl adjacent to an activating group) is 1. The third-order valence-electron chi connectivity index (χ3n) is 9.06. The molecule has 0 radical (unpaired) electrons. The van der Waals surface area contributed by atoms with Gasteiger partial charge in [0.1, 0.15) is 5.65 Å². The SMILES string of the molecule is CCC(=O)N1CCC[C@@H](n2c(=O)c(-c3ccc(Cl)cc3)c(C)c3cnc(Nc4ccc(N5CCN(C)CC5)c(C)c4)nc32)C1. The summed E-state index contributed by atoms with van der Waals surface area (Å²) in [5.41, 5.74) is 5.99. The molecule has 0 bridgehead atoms. The van der Waals surface area contributed by atoms with E-state index >= 15 is 0 Å². The van der Waals surface area contributed by atoms with Gasteiger partial charge in [-0.2, -0.15) is 4.98 Å². The number of halogens is 1. The third kappa shape index (κ3) is 5.90. The second kappa shape index (κ2) is 12.6. The third-order valence-corrected chi connectivity index (χ3v) is 9.31. The fraction of sp³-hybridized carbons (Fsp3) is 0.412. The summed E-state index contributed by atoms with van der Waals surface area (Å²) in [6, 6.07) is 13.5. The molecular formula is C34H40ClN7O2. The lowest BCUT2D eigenvalue weighted by atomic mass is 9.98. The Kier molecular flexibility index (Phi) is 8.60. The van der Waals surface area contributed by atoms with Gasteiger partial charge in [-0.1, -0.05) is 30.7 Å². The van der Waals surface area contributed by atoms with Crippen molar-refractivity contribution in [2.24, 2.45) is 0 Å². The van der Waals surface area contributed by atoms with Crippen LogP contribution < -0.4 is 15.8 Å². The van der Waals surface area contributed by atoms with Crippen molar-refractivity contribution in [1.82, 2.24) is 24.3 Å². The Morgan fingerprint density at radius 3 is 2.50 bits per heavy atom. The molecule has 9 nitrogen and oxygen atoms in total. The Hall–Kier alpha value is -3.95. The molecule has 2 fully saturated rings. The maximum absolute atomic E-state index is 14.4. The van der Waals surface area contributed by atoms with E-state index in [2.05, 4.69) is 47.3 Å². The zero-order valence-corrected chi connectivity index (χ0v) is 26.7. The van der Waals surface area contributed by atoms with Gasteiger partial charge in [0.25, 0.3) is 5.56 Å². The summed E-state index contributed by atoms with van der Waals surface area (Å²) in [7, 11) is 2.16. The molecule has 10 heteroatoms. The molecule has 1 N–H and O–H groups in total. The van der Waals surface area contributed by atoms with Crippen molar-refractivity contribution >= 4 is 45.9 Å². The minimum atomic E-state index is -0.200. The quantitative estimate of drug-likeness (QED) is 0.294. The number of piperazine rings is 1. The van der Waals surface area contributed by atoms with Crippen LogP contribution in [0, 0.1) is 13.8 Å². The van der Waals surface area contributed by atoms with Gasteiger partial charge in [0, 0.05) is 73.7 Å². The number of hydrogen-bond acceptors (Lipinski definition) is 7. The minimum absolute atomic E-state index is 0.101. The number of pyridine rings is 1. The lowest BCUT2D eigenvalue weighted by Crippen LogP contribution is -2.44. The monoisotopic (exact) mass is 613 g/mol. The second-order valence-corrected chi connectivity index (χ2v) is 12.5. The van der Waals surface area contributed by atoms with Crippen LogP contribution in [0.5, 0.6) is 0 Å². The molecule has 2 aliphatic rings. The Morgan fingerprint density at radius 2 is 1.80 bits per heavy atom. The Labute approximate surface area is 263 Å². The molecule has 2 aliphatic heterocycles. The predicted octanol–water partition coefficient (Wildman–Crippen LogP) is 5.80. The van der Waals surface area contributed by atoms with Gasteiger partial charge in [0.15, 0.2) is 0 Å². The van der Waals surface area contributed by atoms with E-state index in [1.54, 1.807) is 22.9 Å². The van der Waals surface area contributed by atoms with Crippen molar-refractivity contribution in [2.45, 2.75) is 46.1 Å². The van der Waals surface area contributed by atoms with Crippen molar-refractivity contribution < 1.29 is 4.79 Å². The van der Waals surface area contributed by atoms with Gasteiger partial charge in [-0.25, -0.2) is 4.98 Å². The van der Waals surface area contributed by atoms with Crippen LogP contribution in [-0.2, 0) is 4.79 Å². The molecule has 44 heavy (non-hydrogen) atoms. The highest BCUT2D eigenvalue weighted by Crippen LogP contribution is 2.32. The standard InChI is InChI=1S/C34H40ClN7O2/c1-5-30(43)41-14-6-7-27(21-41)42-32-28(23(3)31(33(42)44)24-8-10-25(35)11-9-24)20-36-34(38-32)37-26-12-13-29(22(2)19-26)40-17-15-39(4)16-18-40/h8-13,19-20,27H,5-7,14-18,21H2,1-4H3,(H,36,37,38)/t27-/m1/s1. The second-order valence-electron chi connectivity index (χ2n) is 12.0. The van der Waals surface area contributed by atoms with Crippen molar-refractivity contribution in [1.29, 1.82) is 0 Å². The number of carbonyl (C=O) groups is 1. The van der Waals surface area contributed by atoms with Crippen LogP contribution in [0.2, 0.25) is 5.02 Å². The van der Waals surface area contributed by atoms with Gasteiger partial charge in [0.2, 0.25) is 11.9 Å².